The van der Waals surface area contributed by atoms with E-state index in [9.17, 15) is 0 Å². The number of aromatic nitrogens is 5. The maximum Gasteiger partial charge on any atom is 0.167 e. The van der Waals surface area contributed by atoms with Crippen LogP contribution in [0.15, 0.2) is 193 Å². The van der Waals surface area contributed by atoms with Crippen molar-refractivity contribution in [3.8, 4) is 67.5 Å². The molecule has 0 aliphatic rings. The van der Waals surface area contributed by atoms with Gasteiger partial charge in [-0.3, -0.25) is 9.97 Å². The first-order valence-corrected chi connectivity index (χ1v) is 18.9. The smallest absolute Gasteiger partial charge is 0.167 e. The molecule has 4 heterocycles. The largest absolute Gasteiger partial charge is 0.455 e. The number of hydrogen-bond acceptors (Lipinski definition) is 6. The second kappa shape index (κ2) is 13.5. The highest BCUT2D eigenvalue weighted by atomic mass is 16.3. The Morgan fingerprint density at radius 3 is 1.68 bits per heavy atom. The zero-order valence-corrected chi connectivity index (χ0v) is 30.5. The van der Waals surface area contributed by atoms with Gasteiger partial charge in [-0.05, 0) is 75.8 Å². The van der Waals surface area contributed by atoms with Gasteiger partial charge in [-0.15, -0.1) is 0 Å². The lowest BCUT2D eigenvalue weighted by Crippen LogP contribution is -2.00. The Bertz CT molecular complexity index is 3230. The van der Waals surface area contributed by atoms with Gasteiger partial charge in [0.25, 0.3) is 0 Å². The van der Waals surface area contributed by atoms with Crippen molar-refractivity contribution in [1.29, 1.82) is 0 Å². The molecule has 11 aromatic rings. The molecule has 0 radical (unpaired) electrons. The average Bonchev–Trinajstić information content (AvgIpc) is 3.68. The Morgan fingerprint density at radius 1 is 0.333 bits per heavy atom. The second-order valence-electron chi connectivity index (χ2n) is 14.1. The van der Waals surface area contributed by atoms with Crippen LogP contribution in [0.5, 0.6) is 0 Å². The Hall–Kier alpha value is -7.83. The van der Waals surface area contributed by atoms with Gasteiger partial charge in [-0.1, -0.05) is 133 Å². The Labute approximate surface area is 327 Å². The molecule has 0 spiro atoms. The van der Waals surface area contributed by atoms with E-state index in [4.69, 9.17) is 24.4 Å². The molecule has 0 bridgehead atoms. The van der Waals surface area contributed by atoms with Crippen molar-refractivity contribution in [2.45, 2.75) is 0 Å². The lowest BCUT2D eigenvalue weighted by Gasteiger charge is -2.12. The van der Waals surface area contributed by atoms with E-state index in [2.05, 4.69) is 89.9 Å². The zero-order chi connectivity index (χ0) is 37.7. The van der Waals surface area contributed by atoms with Crippen LogP contribution in [-0.4, -0.2) is 24.9 Å². The van der Waals surface area contributed by atoms with Crippen molar-refractivity contribution in [2.24, 2.45) is 0 Å². The summed E-state index contributed by atoms with van der Waals surface area (Å²) in [6.45, 7) is 0. The van der Waals surface area contributed by atoms with Crippen molar-refractivity contribution >= 4 is 43.7 Å². The van der Waals surface area contributed by atoms with Crippen molar-refractivity contribution < 1.29 is 4.42 Å². The molecule has 0 aliphatic heterocycles. The quantitative estimate of drug-likeness (QED) is 0.159. The summed E-state index contributed by atoms with van der Waals surface area (Å²) in [7, 11) is 0. The molecule has 0 aliphatic carbocycles. The molecule has 0 atom stereocenters. The van der Waals surface area contributed by atoms with Crippen molar-refractivity contribution in [2.75, 3.05) is 0 Å². The molecule has 7 aromatic carbocycles. The highest BCUT2D eigenvalue weighted by molar-refractivity contribution is 6.12. The topological polar surface area (TPSA) is 77.6 Å². The molecule has 0 fully saturated rings. The average molecular weight is 730 g/mol. The van der Waals surface area contributed by atoms with Gasteiger partial charge in [0.15, 0.2) is 17.5 Å². The van der Waals surface area contributed by atoms with E-state index in [0.29, 0.717) is 17.5 Å². The number of para-hydroxylation sites is 1. The third-order valence-corrected chi connectivity index (χ3v) is 10.6. The molecule has 0 unspecified atom stereocenters. The van der Waals surface area contributed by atoms with Crippen LogP contribution in [0.4, 0.5) is 0 Å². The van der Waals surface area contributed by atoms with Gasteiger partial charge in [-0.2, -0.15) is 0 Å². The summed E-state index contributed by atoms with van der Waals surface area (Å²) in [5.41, 5.74) is 12.6. The molecule has 4 aromatic heterocycles. The lowest BCUT2D eigenvalue weighted by atomic mass is 9.94. The summed E-state index contributed by atoms with van der Waals surface area (Å²) in [5.74, 6) is 1.75. The predicted molar refractivity (Wildman–Crippen MR) is 230 cm³/mol. The normalized spacial score (nSPS) is 11.5. The minimum absolute atomic E-state index is 0.549. The van der Waals surface area contributed by atoms with E-state index in [1.807, 2.05) is 103 Å². The van der Waals surface area contributed by atoms with Gasteiger partial charge in [0.2, 0.25) is 0 Å². The molecule has 6 heteroatoms. The van der Waals surface area contributed by atoms with Crippen LogP contribution in [0.2, 0.25) is 0 Å². The van der Waals surface area contributed by atoms with Crippen LogP contribution in [0.1, 0.15) is 0 Å². The van der Waals surface area contributed by atoms with Crippen LogP contribution >= 0.6 is 0 Å². The van der Waals surface area contributed by atoms with Crippen LogP contribution in [0.25, 0.3) is 111 Å². The summed E-state index contributed by atoms with van der Waals surface area (Å²) in [4.78, 5) is 24.5. The lowest BCUT2D eigenvalue weighted by molar-refractivity contribution is 0.669. The minimum Gasteiger partial charge on any atom is -0.455 e. The van der Waals surface area contributed by atoms with Gasteiger partial charge < -0.3 is 4.42 Å². The molecular weight excluding hydrogens is 699 g/mol. The number of hydrogen-bond donors (Lipinski definition) is 0. The Morgan fingerprint density at radius 2 is 0.930 bits per heavy atom. The molecule has 57 heavy (non-hydrogen) atoms. The van der Waals surface area contributed by atoms with Crippen LogP contribution in [0.3, 0.4) is 0 Å². The molecule has 0 saturated carbocycles. The number of benzene rings is 7. The van der Waals surface area contributed by atoms with E-state index < -0.39 is 0 Å². The number of pyridine rings is 2. The molecule has 0 saturated heterocycles. The van der Waals surface area contributed by atoms with Gasteiger partial charge >= 0.3 is 0 Å². The molecule has 0 amide bonds. The number of rotatable bonds is 6. The fraction of sp³-hybridized carbons (Fsp3) is 0. The molecular formula is C51H31N5O. The SMILES string of the molecule is c1ccc(-c2nc(-c3ccccc3)nc(-c3cc(-c4cccc(-c5ccc(-c6cc7cccnc7c7ncccc67)cc5)c4)cc4c3oc3ccccc34)n2)cc1. The zero-order valence-electron chi connectivity index (χ0n) is 30.5. The first-order valence-electron chi connectivity index (χ1n) is 18.9. The van der Waals surface area contributed by atoms with Crippen LogP contribution in [-0.2, 0) is 0 Å². The third kappa shape index (κ3) is 5.79. The minimum atomic E-state index is 0.549. The van der Waals surface area contributed by atoms with Crippen molar-refractivity contribution in [1.82, 2.24) is 24.9 Å². The summed E-state index contributed by atoms with van der Waals surface area (Å²) in [6, 6.07) is 60.5. The maximum absolute atomic E-state index is 6.60. The van der Waals surface area contributed by atoms with E-state index in [1.165, 1.54) is 0 Å². The van der Waals surface area contributed by atoms with Gasteiger partial charge in [0, 0.05) is 45.1 Å². The van der Waals surface area contributed by atoms with E-state index in [1.54, 1.807) is 0 Å². The van der Waals surface area contributed by atoms with Gasteiger partial charge in [0.1, 0.15) is 11.2 Å². The molecule has 11 rings (SSSR count). The monoisotopic (exact) mass is 729 g/mol. The van der Waals surface area contributed by atoms with Crippen LogP contribution in [0, 0.1) is 0 Å². The maximum atomic E-state index is 6.60. The first kappa shape index (κ1) is 32.6. The number of furan rings is 1. The van der Waals surface area contributed by atoms with E-state index in [0.717, 1.165) is 93.8 Å². The standard InChI is InChI=1S/C51H31N5O/c1-3-12-34(13-4-1)49-54-50(35-14-5-2-6-15-35)56-51(55-49)44-31-39(30-43-40-19-7-8-21-45(40)57-48(43)44)37-17-9-16-36(28-37)32-22-24-33(25-23-32)42-29-38-18-10-26-52-46(38)47-41(42)20-11-27-53-47/h1-31H. The highest BCUT2D eigenvalue weighted by Crippen LogP contribution is 2.40. The second-order valence-corrected chi connectivity index (χ2v) is 14.1. The fourth-order valence-electron chi connectivity index (χ4n) is 7.82. The predicted octanol–water partition coefficient (Wildman–Crippen LogP) is 12.9. The van der Waals surface area contributed by atoms with E-state index in [-0.39, 0.29) is 0 Å². The van der Waals surface area contributed by atoms with Crippen molar-refractivity contribution in [3.05, 3.63) is 188 Å². The van der Waals surface area contributed by atoms with E-state index >= 15 is 0 Å². The number of fused-ring (bicyclic) bond motifs is 6. The third-order valence-electron chi connectivity index (χ3n) is 10.6. The van der Waals surface area contributed by atoms with Crippen molar-refractivity contribution in [3.63, 3.8) is 0 Å². The fourth-order valence-corrected chi connectivity index (χ4v) is 7.82. The molecule has 266 valence electrons. The van der Waals surface area contributed by atoms with Gasteiger partial charge in [0.05, 0.1) is 16.6 Å². The Kier molecular flexibility index (Phi) is 7.71. The summed E-state index contributed by atoms with van der Waals surface area (Å²) >= 11 is 0. The Balaban J connectivity index is 1.04. The summed E-state index contributed by atoms with van der Waals surface area (Å²) < 4.78 is 6.60. The van der Waals surface area contributed by atoms with Gasteiger partial charge in [-0.25, -0.2) is 15.0 Å². The highest BCUT2D eigenvalue weighted by Gasteiger charge is 2.20. The van der Waals surface area contributed by atoms with Crippen LogP contribution < -0.4 is 0 Å². The molecule has 6 nitrogen and oxygen atoms in total. The number of nitrogens with zero attached hydrogens (tertiary/aromatic N) is 5. The summed E-state index contributed by atoms with van der Waals surface area (Å²) in [6.07, 6.45) is 3.66. The first-order chi connectivity index (χ1) is 28.2. The summed E-state index contributed by atoms with van der Waals surface area (Å²) in [5, 5.41) is 4.20. The molecule has 0 N–H and O–H groups in total.